The molecule has 1 aromatic heterocycles. The molecule has 0 fully saturated rings. The molecule has 0 atom stereocenters. The summed E-state index contributed by atoms with van der Waals surface area (Å²) in [5.41, 5.74) is 1.32. The van der Waals surface area contributed by atoms with E-state index in [0.717, 1.165) is 23.7 Å². The summed E-state index contributed by atoms with van der Waals surface area (Å²) < 4.78 is 45.6. The summed E-state index contributed by atoms with van der Waals surface area (Å²) in [4.78, 5) is 27.7. The summed E-state index contributed by atoms with van der Waals surface area (Å²) in [6.07, 6.45) is 1.55. The van der Waals surface area contributed by atoms with Crippen molar-refractivity contribution in [2.75, 3.05) is 11.3 Å². The molecule has 4 rings (SSSR count). The third-order valence-electron chi connectivity index (χ3n) is 4.70. The zero-order valence-electron chi connectivity index (χ0n) is 16.5. The van der Waals surface area contributed by atoms with Crippen LogP contribution in [0.4, 0.5) is 10.1 Å². The van der Waals surface area contributed by atoms with Crippen LogP contribution in [0.1, 0.15) is 20.7 Å². The number of carbonyl (C=O) groups is 2. The Morgan fingerprint density at radius 3 is 2.50 bits per heavy atom. The number of aromatic amines is 1. The van der Waals surface area contributed by atoms with Crippen molar-refractivity contribution in [3.63, 3.8) is 0 Å². The number of hydrogen-bond acceptors (Lipinski definition) is 5. The van der Waals surface area contributed by atoms with E-state index in [-0.39, 0.29) is 16.1 Å². The number of para-hydroxylation sites is 1. The van der Waals surface area contributed by atoms with Crippen molar-refractivity contribution in [2.45, 2.75) is 4.90 Å². The van der Waals surface area contributed by atoms with Crippen molar-refractivity contribution in [2.24, 2.45) is 0 Å². The van der Waals surface area contributed by atoms with Gasteiger partial charge in [-0.1, -0.05) is 24.3 Å². The highest BCUT2D eigenvalue weighted by Gasteiger charge is 2.19. The number of carbonyl (C=O) groups excluding carboxylic acids is 2. The normalized spacial score (nSPS) is 11.3. The Morgan fingerprint density at radius 2 is 1.72 bits per heavy atom. The third kappa shape index (κ3) is 4.52. The monoisotopic (exact) mass is 452 g/mol. The highest BCUT2D eigenvalue weighted by atomic mass is 32.2. The lowest BCUT2D eigenvalue weighted by molar-refractivity contribution is 0.0475. The van der Waals surface area contributed by atoms with Gasteiger partial charge in [0.25, 0.3) is 10.0 Å². The van der Waals surface area contributed by atoms with Gasteiger partial charge in [-0.15, -0.1) is 0 Å². The first-order chi connectivity index (χ1) is 15.3. The largest absolute Gasteiger partial charge is 0.454 e. The standard InChI is InChI=1S/C23H17FN2O5S/c24-16-8-10-17(11-9-16)26-32(29,30)18-5-3-4-15(12-18)23(28)31-14-22(27)20-13-25-21-7-2-1-6-19(20)21/h1-13,25-26H,14H2. The number of ether oxygens (including phenoxy) is 1. The lowest BCUT2D eigenvalue weighted by Crippen LogP contribution is -2.16. The van der Waals surface area contributed by atoms with Gasteiger partial charge >= 0.3 is 5.97 Å². The number of anilines is 1. The summed E-state index contributed by atoms with van der Waals surface area (Å²) in [5, 5.41) is 0.716. The number of fused-ring (bicyclic) bond motifs is 1. The lowest BCUT2D eigenvalue weighted by atomic mass is 10.1. The van der Waals surface area contributed by atoms with E-state index in [4.69, 9.17) is 4.74 Å². The fourth-order valence-electron chi connectivity index (χ4n) is 3.12. The number of ketones is 1. The number of halogens is 1. The van der Waals surface area contributed by atoms with Crippen molar-refractivity contribution in [1.29, 1.82) is 0 Å². The van der Waals surface area contributed by atoms with Crippen LogP contribution in [0.2, 0.25) is 0 Å². The Bertz CT molecular complexity index is 1410. The van der Waals surface area contributed by atoms with E-state index < -0.39 is 34.2 Å². The molecular weight excluding hydrogens is 435 g/mol. The van der Waals surface area contributed by atoms with Crippen molar-refractivity contribution in [3.05, 3.63) is 95.9 Å². The van der Waals surface area contributed by atoms with Crippen LogP contribution < -0.4 is 4.72 Å². The second kappa shape index (κ2) is 8.64. The molecule has 0 amide bonds. The van der Waals surface area contributed by atoms with Crippen LogP contribution in [-0.4, -0.2) is 31.8 Å². The minimum absolute atomic E-state index is 0.0290. The number of H-pyrrole nitrogens is 1. The number of aromatic nitrogens is 1. The van der Waals surface area contributed by atoms with Gasteiger partial charge in [0, 0.05) is 28.4 Å². The van der Waals surface area contributed by atoms with E-state index >= 15 is 0 Å². The van der Waals surface area contributed by atoms with Crippen LogP contribution in [0.5, 0.6) is 0 Å². The van der Waals surface area contributed by atoms with Crippen LogP contribution in [0, 0.1) is 5.82 Å². The van der Waals surface area contributed by atoms with Gasteiger partial charge < -0.3 is 9.72 Å². The second-order valence-corrected chi connectivity index (χ2v) is 8.57. The van der Waals surface area contributed by atoms with Gasteiger partial charge in [-0.05, 0) is 48.5 Å². The molecule has 0 bridgehead atoms. The Kier molecular flexibility index (Phi) is 5.74. The van der Waals surface area contributed by atoms with Crippen LogP contribution in [0.25, 0.3) is 10.9 Å². The predicted molar refractivity (Wildman–Crippen MR) is 117 cm³/mol. The van der Waals surface area contributed by atoms with Gasteiger partial charge in [-0.2, -0.15) is 0 Å². The molecule has 0 aliphatic carbocycles. The minimum Gasteiger partial charge on any atom is -0.454 e. The van der Waals surface area contributed by atoms with E-state index in [2.05, 4.69) is 9.71 Å². The van der Waals surface area contributed by atoms with Gasteiger partial charge in [0.05, 0.1) is 10.5 Å². The molecule has 0 aliphatic heterocycles. The molecular formula is C23H17FN2O5S. The Hall–Kier alpha value is -3.98. The second-order valence-electron chi connectivity index (χ2n) is 6.89. The van der Waals surface area contributed by atoms with Crippen molar-refractivity contribution in [3.8, 4) is 0 Å². The molecule has 2 N–H and O–H groups in total. The summed E-state index contributed by atoms with van der Waals surface area (Å²) in [6.45, 7) is -0.495. The number of hydrogen-bond donors (Lipinski definition) is 2. The average Bonchev–Trinajstić information content (AvgIpc) is 3.23. The molecule has 0 aliphatic rings. The topological polar surface area (TPSA) is 105 Å². The first-order valence-electron chi connectivity index (χ1n) is 9.48. The number of Topliss-reactive ketones (excluding diaryl/α,β-unsaturated/α-hetero) is 1. The van der Waals surface area contributed by atoms with Crippen LogP contribution in [-0.2, 0) is 14.8 Å². The highest BCUT2D eigenvalue weighted by molar-refractivity contribution is 7.92. The van der Waals surface area contributed by atoms with Crippen LogP contribution >= 0.6 is 0 Å². The Morgan fingerprint density at radius 1 is 0.969 bits per heavy atom. The van der Waals surface area contributed by atoms with Crippen LogP contribution in [0.3, 0.4) is 0 Å². The lowest BCUT2D eigenvalue weighted by Gasteiger charge is -2.09. The fraction of sp³-hybridized carbons (Fsp3) is 0.0435. The maximum atomic E-state index is 13.0. The maximum absolute atomic E-state index is 13.0. The SMILES string of the molecule is O=C(OCC(=O)c1c[nH]c2ccccc12)c1cccc(S(=O)(=O)Nc2ccc(F)cc2)c1. The molecule has 0 unspecified atom stereocenters. The van der Waals surface area contributed by atoms with Crippen molar-refractivity contribution >= 4 is 38.4 Å². The number of rotatable bonds is 7. The zero-order chi connectivity index (χ0) is 22.7. The first-order valence-corrected chi connectivity index (χ1v) is 11.0. The molecule has 3 aromatic carbocycles. The summed E-state index contributed by atoms with van der Waals surface area (Å²) in [6, 6.07) is 17.3. The van der Waals surface area contributed by atoms with E-state index in [1.807, 2.05) is 12.1 Å². The van der Waals surface area contributed by atoms with Gasteiger partial charge in [-0.3, -0.25) is 9.52 Å². The maximum Gasteiger partial charge on any atom is 0.338 e. The molecule has 9 heteroatoms. The molecule has 4 aromatic rings. The predicted octanol–water partition coefficient (Wildman–Crippen LogP) is 4.15. The molecule has 7 nitrogen and oxygen atoms in total. The number of nitrogens with one attached hydrogen (secondary N) is 2. The van der Waals surface area contributed by atoms with E-state index in [9.17, 15) is 22.4 Å². The Labute approximate surface area is 182 Å². The Balaban J connectivity index is 1.46. The molecule has 0 radical (unpaired) electrons. The van der Waals surface area contributed by atoms with Crippen molar-refractivity contribution in [1.82, 2.24) is 4.98 Å². The molecule has 1 heterocycles. The molecule has 0 saturated carbocycles. The van der Waals surface area contributed by atoms with E-state index in [1.54, 1.807) is 18.3 Å². The smallest absolute Gasteiger partial charge is 0.338 e. The number of benzene rings is 3. The molecule has 32 heavy (non-hydrogen) atoms. The minimum atomic E-state index is -4.02. The average molecular weight is 452 g/mol. The van der Waals surface area contributed by atoms with Gasteiger partial charge in [0.1, 0.15) is 5.82 Å². The van der Waals surface area contributed by atoms with E-state index in [0.29, 0.717) is 10.9 Å². The summed E-state index contributed by atoms with van der Waals surface area (Å²) >= 11 is 0. The number of esters is 1. The van der Waals surface area contributed by atoms with Gasteiger partial charge in [0.15, 0.2) is 6.61 Å². The quantitative estimate of drug-likeness (QED) is 0.324. The zero-order valence-corrected chi connectivity index (χ0v) is 17.4. The number of sulfonamides is 1. The van der Waals surface area contributed by atoms with Gasteiger partial charge in [0.2, 0.25) is 5.78 Å². The summed E-state index contributed by atoms with van der Waals surface area (Å²) in [7, 11) is -4.02. The fourth-order valence-corrected chi connectivity index (χ4v) is 4.22. The third-order valence-corrected chi connectivity index (χ3v) is 6.08. The molecule has 0 saturated heterocycles. The highest BCUT2D eigenvalue weighted by Crippen LogP contribution is 2.20. The van der Waals surface area contributed by atoms with Gasteiger partial charge in [-0.25, -0.2) is 17.6 Å². The molecule has 162 valence electrons. The first kappa shape index (κ1) is 21.3. The van der Waals surface area contributed by atoms with E-state index in [1.165, 1.54) is 30.3 Å². The van der Waals surface area contributed by atoms with Crippen molar-refractivity contribution < 1.29 is 27.1 Å². The summed E-state index contributed by atoms with van der Waals surface area (Å²) in [5.74, 6) is -1.73. The molecule has 0 spiro atoms. The van der Waals surface area contributed by atoms with Crippen LogP contribution in [0.15, 0.2) is 83.9 Å².